The van der Waals surface area contributed by atoms with Gasteiger partial charge in [0.15, 0.2) is 5.76 Å². The number of piperidine rings is 1. The Bertz CT molecular complexity index is 1090. The SMILES string of the molecule is CCOc1ccc(CC(=O)N2CCCC[C@H]2c2nc(C)ncc2-c2onc(C)c2C)cc1. The molecule has 2 aromatic heterocycles. The topological polar surface area (TPSA) is 81.4 Å². The van der Waals surface area contributed by atoms with Crippen molar-refractivity contribution >= 4 is 5.91 Å². The number of hydrogen-bond acceptors (Lipinski definition) is 6. The summed E-state index contributed by atoms with van der Waals surface area (Å²) >= 11 is 0. The molecule has 1 fully saturated rings. The van der Waals surface area contributed by atoms with Gasteiger partial charge in [-0.1, -0.05) is 17.3 Å². The average molecular weight is 435 g/mol. The summed E-state index contributed by atoms with van der Waals surface area (Å²) in [5.41, 5.74) is 4.46. The molecule has 0 spiro atoms. The Hall–Kier alpha value is -3.22. The first-order valence-corrected chi connectivity index (χ1v) is 11.3. The first kappa shape index (κ1) is 22.0. The Kier molecular flexibility index (Phi) is 6.53. The standard InChI is InChI=1S/C25H30N4O3/c1-5-31-20-11-9-19(10-12-20)14-23(30)29-13-7-6-8-22(29)24-21(15-26-18(4)27-24)25-16(2)17(3)28-32-25/h9-12,15,22H,5-8,13-14H2,1-4H3/t22-/m0/s1. The van der Waals surface area contributed by atoms with Gasteiger partial charge in [-0.2, -0.15) is 0 Å². The quantitative estimate of drug-likeness (QED) is 0.557. The second kappa shape index (κ2) is 9.51. The summed E-state index contributed by atoms with van der Waals surface area (Å²) < 4.78 is 11.1. The summed E-state index contributed by atoms with van der Waals surface area (Å²) in [6.07, 6.45) is 5.06. The molecule has 168 valence electrons. The van der Waals surface area contributed by atoms with E-state index in [4.69, 9.17) is 14.2 Å². The maximum Gasteiger partial charge on any atom is 0.227 e. The van der Waals surface area contributed by atoms with Crippen molar-refractivity contribution in [2.24, 2.45) is 0 Å². The van der Waals surface area contributed by atoms with E-state index in [1.807, 2.05) is 56.9 Å². The largest absolute Gasteiger partial charge is 0.494 e. The first-order valence-electron chi connectivity index (χ1n) is 11.3. The predicted octanol–water partition coefficient (Wildman–Crippen LogP) is 4.75. The van der Waals surface area contributed by atoms with E-state index in [9.17, 15) is 4.79 Å². The molecule has 1 aliphatic rings. The molecule has 0 N–H and O–H groups in total. The van der Waals surface area contributed by atoms with Crippen molar-refractivity contribution in [3.8, 4) is 17.1 Å². The first-order chi connectivity index (χ1) is 15.5. The molecule has 1 atom stereocenters. The number of rotatable bonds is 6. The van der Waals surface area contributed by atoms with E-state index in [0.717, 1.165) is 59.6 Å². The molecular formula is C25H30N4O3. The predicted molar refractivity (Wildman–Crippen MR) is 121 cm³/mol. The molecule has 3 aromatic rings. The van der Waals surface area contributed by atoms with Crippen LogP contribution in [0.2, 0.25) is 0 Å². The van der Waals surface area contributed by atoms with E-state index in [0.29, 0.717) is 24.6 Å². The molecule has 1 aliphatic heterocycles. The maximum absolute atomic E-state index is 13.4. The van der Waals surface area contributed by atoms with Crippen LogP contribution in [-0.4, -0.2) is 39.1 Å². The van der Waals surface area contributed by atoms with Crippen molar-refractivity contribution in [2.75, 3.05) is 13.2 Å². The average Bonchev–Trinajstić information content (AvgIpc) is 3.13. The van der Waals surface area contributed by atoms with Gasteiger partial charge in [-0.3, -0.25) is 4.79 Å². The van der Waals surface area contributed by atoms with Gasteiger partial charge >= 0.3 is 0 Å². The van der Waals surface area contributed by atoms with Gasteiger partial charge in [-0.05, 0) is 64.7 Å². The number of benzene rings is 1. The van der Waals surface area contributed by atoms with Crippen LogP contribution < -0.4 is 4.74 Å². The lowest BCUT2D eigenvalue weighted by Gasteiger charge is -2.36. The van der Waals surface area contributed by atoms with Crippen molar-refractivity contribution in [1.82, 2.24) is 20.0 Å². The van der Waals surface area contributed by atoms with Gasteiger partial charge in [0.05, 0.1) is 36.0 Å². The minimum Gasteiger partial charge on any atom is -0.494 e. The summed E-state index contributed by atoms with van der Waals surface area (Å²) in [4.78, 5) is 24.6. The van der Waals surface area contributed by atoms with E-state index in [1.54, 1.807) is 6.20 Å². The maximum atomic E-state index is 13.4. The van der Waals surface area contributed by atoms with Crippen molar-refractivity contribution in [2.45, 2.75) is 59.4 Å². The van der Waals surface area contributed by atoms with Crippen molar-refractivity contribution in [1.29, 1.82) is 0 Å². The van der Waals surface area contributed by atoms with Crippen molar-refractivity contribution in [3.05, 3.63) is 58.8 Å². The highest BCUT2D eigenvalue weighted by molar-refractivity contribution is 5.80. The third-order valence-corrected chi connectivity index (χ3v) is 6.07. The highest BCUT2D eigenvalue weighted by Gasteiger charge is 2.32. The van der Waals surface area contributed by atoms with Crippen LogP contribution >= 0.6 is 0 Å². The lowest BCUT2D eigenvalue weighted by atomic mass is 9.94. The van der Waals surface area contributed by atoms with Crippen LogP contribution in [0.25, 0.3) is 11.3 Å². The number of aryl methyl sites for hydroxylation is 2. The summed E-state index contributed by atoms with van der Waals surface area (Å²) in [7, 11) is 0. The van der Waals surface area contributed by atoms with Crippen LogP contribution in [0.15, 0.2) is 35.0 Å². The number of carbonyl (C=O) groups excluding carboxylic acids is 1. The zero-order chi connectivity index (χ0) is 22.7. The number of likely N-dealkylation sites (tertiary alicyclic amines) is 1. The van der Waals surface area contributed by atoms with E-state index >= 15 is 0 Å². The van der Waals surface area contributed by atoms with E-state index in [1.165, 1.54) is 0 Å². The number of nitrogens with zero attached hydrogens (tertiary/aromatic N) is 4. The molecule has 0 radical (unpaired) electrons. The van der Waals surface area contributed by atoms with Crippen LogP contribution in [0.1, 0.15) is 60.6 Å². The zero-order valence-electron chi connectivity index (χ0n) is 19.2. The number of hydrogen-bond donors (Lipinski definition) is 0. The highest BCUT2D eigenvalue weighted by Crippen LogP contribution is 2.37. The third-order valence-electron chi connectivity index (χ3n) is 6.07. The number of amides is 1. The van der Waals surface area contributed by atoms with E-state index in [2.05, 4.69) is 10.1 Å². The molecule has 0 bridgehead atoms. The van der Waals surface area contributed by atoms with Crippen LogP contribution in [0, 0.1) is 20.8 Å². The number of aromatic nitrogens is 3. The Morgan fingerprint density at radius 2 is 1.97 bits per heavy atom. The monoisotopic (exact) mass is 434 g/mol. The minimum atomic E-state index is -0.111. The lowest BCUT2D eigenvalue weighted by Crippen LogP contribution is -2.40. The van der Waals surface area contributed by atoms with Gasteiger partial charge in [-0.15, -0.1) is 0 Å². The molecule has 3 heterocycles. The Balaban J connectivity index is 1.63. The summed E-state index contributed by atoms with van der Waals surface area (Å²) in [6, 6.07) is 7.65. The number of ether oxygens (including phenoxy) is 1. The van der Waals surface area contributed by atoms with Gasteiger partial charge in [0.2, 0.25) is 5.91 Å². The Morgan fingerprint density at radius 1 is 1.19 bits per heavy atom. The third kappa shape index (κ3) is 4.52. The van der Waals surface area contributed by atoms with E-state index < -0.39 is 0 Å². The van der Waals surface area contributed by atoms with Gasteiger partial charge in [0.25, 0.3) is 0 Å². The summed E-state index contributed by atoms with van der Waals surface area (Å²) in [5.74, 6) is 2.29. The second-order valence-corrected chi connectivity index (χ2v) is 8.29. The smallest absolute Gasteiger partial charge is 0.227 e. The fourth-order valence-electron chi connectivity index (χ4n) is 4.24. The highest BCUT2D eigenvalue weighted by atomic mass is 16.5. The van der Waals surface area contributed by atoms with Crippen LogP contribution in [0.3, 0.4) is 0 Å². The molecule has 0 aliphatic carbocycles. The molecular weight excluding hydrogens is 404 g/mol. The molecule has 0 saturated carbocycles. The van der Waals surface area contributed by atoms with Crippen molar-refractivity contribution < 1.29 is 14.1 Å². The van der Waals surface area contributed by atoms with Gasteiger partial charge in [0.1, 0.15) is 11.6 Å². The van der Waals surface area contributed by atoms with Crippen LogP contribution in [-0.2, 0) is 11.2 Å². The fourth-order valence-corrected chi connectivity index (χ4v) is 4.24. The van der Waals surface area contributed by atoms with Gasteiger partial charge in [-0.25, -0.2) is 9.97 Å². The fraction of sp³-hybridized carbons (Fsp3) is 0.440. The van der Waals surface area contributed by atoms with Crippen molar-refractivity contribution in [3.63, 3.8) is 0 Å². The lowest BCUT2D eigenvalue weighted by molar-refractivity contribution is -0.134. The summed E-state index contributed by atoms with van der Waals surface area (Å²) in [6.45, 7) is 9.08. The molecule has 7 heteroatoms. The van der Waals surface area contributed by atoms with Gasteiger partial charge in [0, 0.05) is 18.3 Å². The van der Waals surface area contributed by atoms with E-state index in [-0.39, 0.29) is 11.9 Å². The molecule has 1 amide bonds. The molecule has 0 unspecified atom stereocenters. The molecule has 1 saturated heterocycles. The zero-order valence-corrected chi connectivity index (χ0v) is 19.2. The molecule has 32 heavy (non-hydrogen) atoms. The Labute approximate surface area is 188 Å². The number of carbonyl (C=O) groups is 1. The van der Waals surface area contributed by atoms with Crippen LogP contribution in [0.5, 0.6) is 5.75 Å². The normalized spacial score (nSPS) is 16.2. The second-order valence-electron chi connectivity index (χ2n) is 8.29. The molecule has 7 nitrogen and oxygen atoms in total. The molecule has 1 aromatic carbocycles. The minimum absolute atomic E-state index is 0.103. The Morgan fingerprint density at radius 3 is 2.66 bits per heavy atom. The summed E-state index contributed by atoms with van der Waals surface area (Å²) in [5, 5.41) is 4.11. The van der Waals surface area contributed by atoms with Gasteiger partial charge < -0.3 is 14.2 Å². The molecule has 4 rings (SSSR count). The van der Waals surface area contributed by atoms with Crippen LogP contribution in [0.4, 0.5) is 0 Å².